The molecule has 0 amide bonds. The van der Waals surface area contributed by atoms with Gasteiger partial charge >= 0.3 is 0 Å². The Hall–Kier alpha value is -1.88. The van der Waals surface area contributed by atoms with Gasteiger partial charge in [-0.25, -0.2) is 0 Å². The summed E-state index contributed by atoms with van der Waals surface area (Å²) in [5.41, 5.74) is 1.55. The van der Waals surface area contributed by atoms with Gasteiger partial charge in [-0.1, -0.05) is 0 Å². The van der Waals surface area contributed by atoms with Crippen molar-refractivity contribution in [2.24, 2.45) is 0 Å². The number of methoxy groups -OCH3 is 2. The van der Waals surface area contributed by atoms with Crippen LogP contribution < -0.4 is 9.47 Å². The van der Waals surface area contributed by atoms with Gasteiger partial charge in [-0.2, -0.15) is 0 Å². The second kappa shape index (κ2) is 6.20. The van der Waals surface area contributed by atoms with Crippen molar-refractivity contribution in [1.82, 2.24) is 4.90 Å². The Labute approximate surface area is 142 Å². The van der Waals surface area contributed by atoms with Crippen LogP contribution in [0.3, 0.4) is 0 Å². The predicted octanol–water partition coefficient (Wildman–Crippen LogP) is 2.60. The molecule has 5 heteroatoms. The molecule has 1 saturated heterocycles. The lowest BCUT2D eigenvalue weighted by atomic mass is 9.65. The number of nitrogens with zero attached hydrogens (tertiary/aromatic N) is 1. The molecule has 1 aliphatic carbocycles. The van der Waals surface area contributed by atoms with E-state index >= 15 is 0 Å². The fraction of sp³-hybridized carbons (Fsp3) is 0.579. The molecule has 1 aromatic rings. The number of ketones is 2. The van der Waals surface area contributed by atoms with Crippen molar-refractivity contribution in [3.05, 3.63) is 23.3 Å². The molecule has 2 atom stereocenters. The zero-order valence-corrected chi connectivity index (χ0v) is 14.8. The molecule has 5 nitrogen and oxygen atoms in total. The summed E-state index contributed by atoms with van der Waals surface area (Å²) in [5.74, 6) is 1.36. The van der Waals surface area contributed by atoms with Crippen LogP contribution in [0.5, 0.6) is 11.5 Å². The summed E-state index contributed by atoms with van der Waals surface area (Å²) >= 11 is 0. The van der Waals surface area contributed by atoms with Gasteiger partial charge in [0.2, 0.25) is 0 Å². The molecule has 0 aromatic heterocycles. The molecule has 0 radical (unpaired) electrons. The van der Waals surface area contributed by atoms with Gasteiger partial charge in [-0.05, 0) is 51.1 Å². The lowest BCUT2D eigenvalue weighted by molar-refractivity contribution is -0.122. The Morgan fingerprint density at radius 2 is 2.00 bits per heavy atom. The first-order valence-electron chi connectivity index (χ1n) is 8.42. The molecule has 24 heavy (non-hydrogen) atoms. The van der Waals surface area contributed by atoms with Crippen molar-refractivity contribution >= 4 is 11.6 Å². The van der Waals surface area contributed by atoms with Crippen LogP contribution in [0, 0.1) is 0 Å². The quantitative estimate of drug-likeness (QED) is 0.794. The van der Waals surface area contributed by atoms with Crippen molar-refractivity contribution in [1.29, 1.82) is 0 Å². The van der Waals surface area contributed by atoms with Gasteiger partial charge in [-0.3, -0.25) is 9.59 Å². The van der Waals surface area contributed by atoms with E-state index in [1.807, 2.05) is 12.1 Å². The van der Waals surface area contributed by atoms with Crippen LogP contribution in [0.15, 0.2) is 12.1 Å². The van der Waals surface area contributed by atoms with E-state index in [0.717, 1.165) is 24.9 Å². The minimum absolute atomic E-state index is 0.0433. The second-order valence-corrected chi connectivity index (χ2v) is 6.96. The Morgan fingerprint density at radius 1 is 1.25 bits per heavy atom. The minimum atomic E-state index is -0.0909. The first kappa shape index (κ1) is 17.0. The number of Topliss-reactive ketones (excluding diaryl/α,β-unsaturated/α-hetero) is 2. The maximum absolute atomic E-state index is 12.1. The van der Waals surface area contributed by atoms with Crippen LogP contribution in [0.25, 0.3) is 0 Å². The summed E-state index contributed by atoms with van der Waals surface area (Å²) in [6, 6.07) is 4.13. The highest BCUT2D eigenvalue weighted by Gasteiger charge is 2.50. The number of carbonyl (C=O) groups excluding carboxylic acids is 2. The number of likely N-dealkylation sites (tertiary alicyclic amines) is 1. The first-order chi connectivity index (χ1) is 11.4. The molecule has 0 spiro atoms. The molecule has 2 fully saturated rings. The molecule has 2 unspecified atom stereocenters. The highest BCUT2D eigenvalue weighted by molar-refractivity contribution is 5.98. The Kier molecular flexibility index (Phi) is 4.38. The molecule has 1 aliphatic heterocycles. The summed E-state index contributed by atoms with van der Waals surface area (Å²) in [7, 11) is 5.22. The van der Waals surface area contributed by atoms with Crippen molar-refractivity contribution < 1.29 is 19.1 Å². The summed E-state index contributed by atoms with van der Waals surface area (Å²) in [6.07, 6.45) is 3.01. The highest BCUT2D eigenvalue weighted by atomic mass is 16.5. The van der Waals surface area contributed by atoms with Crippen molar-refractivity contribution in [2.45, 2.75) is 44.1 Å². The van der Waals surface area contributed by atoms with E-state index in [-0.39, 0.29) is 17.2 Å². The van der Waals surface area contributed by atoms with E-state index in [1.165, 1.54) is 0 Å². The molecule has 0 bridgehead atoms. The number of benzene rings is 1. The van der Waals surface area contributed by atoms with Crippen LogP contribution >= 0.6 is 0 Å². The van der Waals surface area contributed by atoms with E-state index in [2.05, 4.69) is 11.9 Å². The largest absolute Gasteiger partial charge is 0.493 e. The highest BCUT2D eigenvalue weighted by Crippen LogP contribution is 2.49. The third kappa shape index (κ3) is 2.51. The third-order valence-electron chi connectivity index (χ3n) is 5.78. The van der Waals surface area contributed by atoms with Crippen molar-refractivity contribution in [3.63, 3.8) is 0 Å². The zero-order chi connectivity index (χ0) is 17.5. The average molecular weight is 331 g/mol. The van der Waals surface area contributed by atoms with Crippen molar-refractivity contribution in [2.75, 3.05) is 27.8 Å². The standard InChI is InChI=1S/C19H25NO4/c1-12(21)15-9-13(10-16(23-3)18(15)24-4)19-6-5-14(22)11-17(19)20(2)8-7-19/h9-10,17H,5-8,11H2,1-4H3. The molecule has 130 valence electrons. The number of carbonyl (C=O) groups is 2. The molecule has 2 aliphatic rings. The predicted molar refractivity (Wildman–Crippen MR) is 91.1 cm³/mol. The maximum atomic E-state index is 12.1. The van der Waals surface area contributed by atoms with Gasteiger partial charge < -0.3 is 14.4 Å². The fourth-order valence-corrected chi connectivity index (χ4v) is 4.44. The van der Waals surface area contributed by atoms with Crippen LogP contribution in [-0.4, -0.2) is 50.3 Å². The summed E-state index contributed by atoms with van der Waals surface area (Å²) < 4.78 is 10.9. The first-order valence-corrected chi connectivity index (χ1v) is 8.42. The van der Waals surface area contributed by atoms with E-state index in [0.29, 0.717) is 35.7 Å². The summed E-state index contributed by atoms with van der Waals surface area (Å²) in [5, 5.41) is 0. The monoisotopic (exact) mass is 331 g/mol. The fourth-order valence-electron chi connectivity index (χ4n) is 4.44. The van der Waals surface area contributed by atoms with E-state index in [4.69, 9.17) is 9.47 Å². The molecular weight excluding hydrogens is 306 g/mol. The lowest BCUT2D eigenvalue weighted by Crippen LogP contribution is -2.46. The average Bonchev–Trinajstić information content (AvgIpc) is 2.91. The molecule has 1 saturated carbocycles. The van der Waals surface area contributed by atoms with Gasteiger partial charge in [0.25, 0.3) is 0 Å². The Morgan fingerprint density at radius 3 is 2.62 bits per heavy atom. The molecule has 3 rings (SSSR count). The van der Waals surface area contributed by atoms with E-state index < -0.39 is 0 Å². The van der Waals surface area contributed by atoms with Gasteiger partial charge in [0.1, 0.15) is 5.78 Å². The normalized spacial score (nSPS) is 27.0. The van der Waals surface area contributed by atoms with Crippen LogP contribution in [0.4, 0.5) is 0 Å². The summed E-state index contributed by atoms with van der Waals surface area (Å²) in [4.78, 5) is 26.4. The Bertz CT molecular complexity index is 684. The second-order valence-electron chi connectivity index (χ2n) is 6.96. The number of rotatable bonds is 4. The molecular formula is C19H25NO4. The topological polar surface area (TPSA) is 55.8 Å². The van der Waals surface area contributed by atoms with Crippen LogP contribution in [-0.2, 0) is 10.2 Å². The zero-order valence-electron chi connectivity index (χ0n) is 14.8. The van der Waals surface area contributed by atoms with Crippen molar-refractivity contribution in [3.8, 4) is 11.5 Å². The number of ether oxygens (including phenoxy) is 2. The van der Waals surface area contributed by atoms with Gasteiger partial charge in [0.05, 0.1) is 19.8 Å². The number of hydrogen-bond donors (Lipinski definition) is 0. The summed E-state index contributed by atoms with van der Waals surface area (Å²) in [6.45, 7) is 2.50. The van der Waals surface area contributed by atoms with Crippen LogP contribution in [0.2, 0.25) is 0 Å². The lowest BCUT2D eigenvalue weighted by Gasteiger charge is -2.41. The molecule has 1 aromatic carbocycles. The van der Waals surface area contributed by atoms with E-state index in [9.17, 15) is 9.59 Å². The van der Waals surface area contributed by atoms with E-state index in [1.54, 1.807) is 21.1 Å². The SMILES string of the molecule is COc1cc(C23CCC(=O)CC2N(C)CC3)cc(C(C)=O)c1OC. The Balaban J connectivity index is 2.16. The molecule has 1 heterocycles. The maximum Gasteiger partial charge on any atom is 0.171 e. The smallest absolute Gasteiger partial charge is 0.171 e. The van der Waals surface area contributed by atoms with Gasteiger partial charge in [0.15, 0.2) is 17.3 Å². The number of hydrogen-bond acceptors (Lipinski definition) is 5. The van der Waals surface area contributed by atoms with Gasteiger partial charge in [-0.15, -0.1) is 0 Å². The molecule has 0 N–H and O–H groups in total. The third-order valence-corrected chi connectivity index (χ3v) is 5.78. The minimum Gasteiger partial charge on any atom is -0.493 e. The van der Waals surface area contributed by atoms with Gasteiger partial charge in [0, 0.05) is 24.3 Å². The number of likely N-dealkylation sites (N-methyl/N-ethyl adjacent to an activating group) is 1. The number of fused-ring (bicyclic) bond motifs is 1. The van der Waals surface area contributed by atoms with Crippen LogP contribution in [0.1, 0.15) is 48.5 Å².